The van der Waals surface area contributed by atoms with Crippen molar-refractivity contribution in [3.8, 4) is 5.75 Å². The van der Waals surface area contributed by atoms with Gasteiger partial charge in [0, 0.05) is 27.5 Å². The molecule has 1 atom stereocenters. The number of hydrogen-bond acceptors (Lipinski definition) is 2. The van der Waals surface area contributed by atoms with E-state index in [4.69, 9.17) is 16.3 Å². The first kappa shape index (κ1) is 23.1. The molecule has 1 aliphatic heterocycles. The molecule has 1 aliphatic rings. The Morgan fingerprint density at radius 3 is 2.77 bits per heavy atom. The minimum absolute atomic E-state index is 0.501. The Bertz CT molecular complexity index is 904. The monoisotopic (exact) mass is 489 g/mol. The van der Waals surface area contributed by atoms with E-state index in [-0.39, 0.29) is 0 Å². The van der Waals surface area contributed by atoms with Gasteiger partial charge < -0.3 is 14.5 Å². The summed E-state index contributed by atoms with van der Waals surface area (Å²) in [4.78, 5) is 0. The maximum absolute atomic E-state index is 6.06. The van der Waals surface area contributed by atoms with Crippen molar-refractivity contribution in [2.45, 2.75) is 13.0 Å². The van der Waals surface area contributed by atoms with Crippen LogP contribution in [-0.2, 0) is 6.54 Å². The van der Waals surface area contributed by atoms with Crippen molar-refractivity contribution in [3.05, 3.63) is 75.2 Å². The van der Waals surface area contributed by atoms with E-state index >= 15 is 0 Å². The molecule has 1 N–H and O–H groups in total. The summed E-state index contributed by atoms with van der Waals surface area (Å²) in [6.07, 6.45) is 7.27. The zero-order valence-corrected chi connectivity index (χ0v) is 20.2. The van der Waals surface area contributed by atoms with Gasteiger partial charge >= 0.3 is 0 Å². The molecular formula is C25H31BrClN2O+. The molecule has 0 spiro atoms. The van der Waals surface area contributed by atoms with Gasteiger partial charge in [-0.2, -0.15) is 0 Å². The van der Waals surface area contributed by atoms with E-state index in [1.54, 1.807) is 6.08 Å². The smallest absolute Gasteiger partial charge is 0.120 e. The van der Waals surface area contributed by atoms with Gasteiger partial charge in [-0.25, -0.2) is 0 Å². The molecule has 5 heteroatoms. The van der Waals surface area contributed by atoms with E-state index in [9.17, 15) is 0 Å². The largest absolute Gasteiger partial charge is 0.490 e. The van der Waals surface area contributed by atoms with Gasteiger partial charge in [0.05, 0.1) is 20.6 Å². The fourth-order valence-corrected chi connectivity index (χ4v) is 4.88. The zero-order chi connectivity index (χ0) is 21.6. The van der Waals surface area contributed by atoms with Crippen LogP contribution in [0.5, 0.6) is 5.75 Å². The van der Waals surface area contributed by atoms with Crippen molar-refractivity contribution in [1.82, 2.24) is 5.32 Å². The van der Waals surface area contributed by atoms with Crippen LogP contribution in [0.4, 0.5) is 0 Å². The lowest BCUT2D eigenvalue weighted by Gasteiger charge is -2.32. The van der Waals surface area contributed by atoms with Crippen LogP contribution in [0.15, 0.2) is 53.5 Å². The van der Waals surface area contributed by atoms with E-state index in [2.05, 4.69) is 72.3 Å². The van der Waals surface area contributed by atoms with Crippen LogP contribution >= 0.6 is 27.5 Å². The first-order valence-electron chi connectivity index (χ1n) is 10.4. The predicted octanol–water partition coefficient (Wildman–Crippen LogP) is 6.02. The van der Waals surface area contributed by atoms with Crippen LogP contribution in [0.1, 0.15) is 23.1 Å². The van der Waals surface area contributed by atoms with Gasteiger partial charge in [0.15, 0.2) is 0 Å². The van der Waals surface area contributed by atoms with Crippen LogP contribution in [-0.4, -0.2) is 44.8 Å². The van der Waals surface area contributed by atoms with E-state index in [0.717, 1.165) is 56.4 Å². The Kier molecular flexibility index (Phi) is 8.18. The molecule has 1 fully saturated rings. The van der Waals surface area contributed by atoms with Crippen LogP contribution in [0.2, 0.25) is 5.02 Å². The summed E-state index contributed by atoms with van der Waals surface area (Å²) in [5, 5.41) is 4.20. The van der Waals surface area contributed by atoms with Crippen LogP contribution < -0.4 is 10.1 Å². The maximum atomic E-state index is 6.06. The molecule has 3 rings (SSSR count). The number of hydrogen-bond donors (Lipinski definition) is 1. The number of benzene rings is 2. The highest BCUT2D eigenvalue weighted by molar-refractivity contribution is 9.10. The van der Waals surface area contributed by atoms with Crippen molar-refractivity contribution in [3.63, 3.8) is 0 Å². The fraction of sp³-hybridized carbons (Fsp3) is 0.360. The summed E-state index contributed by atoms with van der Waals surface area (Å²) in [5.74, 6) is 1.63. The molecule has 3 nitrogen and oxygen atoms in total. The van der Waals surface area contributed by atoms with Crippen molar-refractivity contribution < 1.29 is 9.22 Å². The summed E-state index contributed by atoms with van der Waals surface area (Å²) in [6, 6.07) is 12.3. The average molecular weight is 491 g/mol. The second kappa shape index (κ2) is 10.6. The third kappa shape index (κ3) is 6.98. The Morgan fingerprint density at radius 2 is 2.07 bits per heavy atom. The lowest BCUT2D eigenvalue weighted by atomic mass is 10.0. The summed E-state index contributed by atoms with van der Waals surface area (Å²) >= 11 is 9.65. The van der Waals surface area contributed by atoms with Gasteiger partial charge in [-0.3, -0.25) is 0 Å². The first-order chi connectivity index (χ1) is 14.3. The molecule has 1 unspecified atom stereocenters. The van der Waals surface area contributed by atoms with Gasteiger partial charge in [-0.1, -0.05) is 58.4 Å². The van der Waals surface area contributed by atoms with Gasteiger partial charge in [0.2, 0.25) is 0 Å². The number of nitrogens with zero attached hydrogens (tertiary/aromatic N) is 1. The second-order valence-corrected chi connectivity index (χ2v) is 9.94. The van der Waals surface area contributed by atoms with E-state index in [1.165, 1.54) is 18.5 Å². The van der Waals surface area contributed by atoms with E-state index in [1.807, 2.05) is 18.2 Å². The van der Waals surface area contributed by atoms with Gasteiger partial charge in [0.1, 0.15) is 18.9 Å². The highest BCUT2D eigenvalue weighted by Gasteiger charge is 2.25. The van der Waals surface area contributed by atoms with E-state index < -0.39 is 0 Å². The Balaban J connectivity index is 1.81. The zero-order valence-electron chi connectivity index (χ0n) is 17.8. The number of ether oxygens (including phenoxy) is 1. The molecule has 1 heterocycles. The quantitative estimate of drug-likeness (QED) is 0.263. The van der Waals surface area contributed by atoms with Crippen molar-refractivity contribution in [2.75, 3.05) is 40.3 Å². The molecule has 0 aromatic heterocycles. The molecule has 160 valence electrons. The highest BCUT2D eigenvalue weighted by Crippen LogP contribution is 2.26. The van der Waals surface area contributed by atoms with E-state index in [0.29, 0.717) is 6.61 Å². The lowest BCUT2D eigenvalue weighted by Crippen LogP contribution is -2.43. The summed E-state index contributed by atoms with van der Waals surface area (Å²) in [5.41, 5.74) is 3.49. The van der Waals surface area contributed by atoms with Crippen LogP contribution in [0, 0.1) is 5.92 Å². The average Bonchev–Trinajstić information content (AvgIpc) is 3.17. The second-order valence-electron chi connectivity index (χ2n) is 8.64. The summed E-state index contributed by atoms with van der Waals surface area (Å²) in [6.45, 7) is 8.68. The molecule has 0 saturated carbocycles. The molecule has 30 heavy (non-hydrogen) atoms. The van der Waals surface area contributed by atoms with Gasteiger partial charge in [-0.15, -0.1) is 0 Å². The molecule has 2 aromatic rings. The number of quaternary nitrogens is 1. The SMILES string of the molecule is C=CCOc1cc(/C=C/c2ccc(Cl)cc2Br)cc(C[N+](C)(C)CC2CCNC2)c1. The van der Waals surface area contributed by atoms with Crippen LogP contribution in [0.3, 0.4) is 0 Å². The molecule has 0 radical (unpaired) electrons. The number of nitrogens with one attached hydrogen (secondary N) is 1. The Morgan fingerprint density at radius 1 is 1.23 bits per heavy atom. The number of rotatable bonds is 9. The summed E-state index contributed by atoms with van der Waals surface area (Å²) in [7, 11) is 4.63. The minimum Gasteiger partial charge on any atom is -0.490 e. The standard InChI is InChI=1S/C25H31BrClN2O/c1-4-11-30-24-13-19(5-6-22-7-8-23(27)15-25(22)26)12-21(14-24)18-29(2,3)17-20-9-10-28-16-20/h4-8,12-15,20,28H,1,9-11,16-18H2,2-3H3/q+1/b6-5+. The minimum atomic E-state index is 0.501. The first-order valence-corrected chi connectivity index (χ1v) is 11.6. The molecule has 0 aliphatic carbocycles. The predicted molar refractivity (Wildman–Crippen MR) is 132 cm³/mol. The highest BCUT2D eigenvalue weighted by atomic mass is 79.9. The maximum Gasteiger partial charge on any atom is 0.120 e. The molecule has 2 aromatic carbocycles. The van der Waals surface area contributed by atoms with Gasteiger partial charge in [0.25, 0.3) is 0 Å². The van der Waals surface area contributed by atoms with Crippen molar-refractivity contribution in [2.24, 2.45) is 5.92 Å². The Labute approximate surface area is 194 Å². The molecule has 0 amide bonds. The van der Waals surface area contributed by atoms with Crippen molar-refractivity contribution in [1.29, 1.82) is 0 Å². The normalized spacial score (nSPS) is 16.9. The molecule has 1 saturated heterocycles. The third-order valence-corrected chi connectivity index (χ3v) is 6.22. The topological polar surface area (TPSA) is 21.3 Å². The molecular weight excluding hydrogens is 460 g/mol. The van der Waals surface area contributed by atoms with Gasteiger partial charge in [-0.05, 0) is 54.4 Å². The third-order valence-electron chi connectivity index (χ3n) is 5.30. The summed E-state index contributed by atoms with van der Waals surface area (Å²) < 4.78 is 7.82. The fourth-order valence-electron chi connectivity index (χ4n) is 4.06. The van der Waals surface area contributed by atoms with Crippen LogP contribution in [0.25, 0.3) is 12.2 Å². The Hall–Kier alpha value is -1.59. The van der Waals surface area contributed by atoms with Crippen molar-refractivity contribution >= 4 is 39.7 Å². The number of halogens is 2. The lowest BCUT2D eigenvalue weighted by molar-refractivity contribution is -0.906. The molecule has 0 bridgehead atoms.